The van der Waals surface area contributed by atoms with Crippen molar-refractivity contribution in [3.8, 4) is 5.75 Å². The van der Waals surface area contributed by atoms with Crippen LogP contribution in [0.2, 0.25) is 0 Å². The number of nitrogens with zero attached hydrogens (tertiary/aromatic N) is 1. The first-order valence-electron chi connectivity index (χ1n) is 8.09. The van der Waals surface area contributed by atoms with Crippen molar-refractivity contribution in [2.75, 3.05) is 32.8 Å². The Hall–Kier alpha value is -1.30. The molecule has 1 aromatic rings. The molecule has 23 heavy (non-hydrogen) atoms. The Bertz CT molecular complexity index is 503. The molecule has 0 radical (unpaired) electrons. The highest BCUT2D eigenvalue weighted by Crippen LogP contribution is 2.17. The maximum absolute atomic E-state index is 12.5. The normalized spacial score (nSPS) is 24.1. The molecule has 128 valence electrons. The summed E-state index contributed by atoms with van der Waals surface area (Å²) in [5.74, 6) is 0.889. The van der Waals surface area contributed by atoms with Crippen molar-refractivity contribution < 1.29 is 14.3 Å². The van der Waals surface area contributed by atoms with Gasteiger partial charge in [0.2, 0.25) is 0 Å². The molecule has 0 spiro atoms. The van der Waals surface area contributed by atoms with Gasteiger partial charge in [-0.2, -0.15) is 0 Å². The van der Waals surface area contributed by atoms with E-state index in [1.165, 1.54) is 0 Å². The highest BCUT2D eigenvalue weighted by atomic mass is 35.5. The standard InChI is InChI=1S/C17H24N2O3.ClH/c1-13-11-19(9-8-18-13)17(20)14-4-6-15(7-5-14)22-12-16-3-2-10-21-16;/h4-7,13,16,18H,2-3,8-12H2,1H3;1H. The number of piperazine rings is 1. The fraction of sp³-hybridized carbons (Fsp3) is 0.588. The quantitative estimate of drug-likeness (QED) is 0.912. The van der Waals surface area contributed by atoms with Crippen LogP contribution in [0.15, 0.2) is 24.3 Å². The van der Waals surface area contributed by atoms with Crippen LogP contribution in [0.5, 0.6) is 5.75 Å². The van der Waals surface area contributed by atoms with Gasteiger partial charge in [0.25, 0.3) is 5.91 Å². The number of hydrogen-bond donors (Lipinski definition) is 1. The van der Waals surface area contributed by atoms with E-state index in [9.17, 15) is 4.79 Å². The van der Waals surface area contributed by atoms with E-state index in [1.54, 1.807) is 0 Å². The van der Waals surface area contributed by atoms with Crippen LogP contribution in [0.1, 0.15) is 30.1 Å². The summed E-state index contributed by atoms with van der Waals surface area (Å²) in [5, 5.41) is 3.35. The number of amides is 1. The maximum atomic E-state index is 12.5. The molecule has 2 fully saturated rings. The summed E-state index contributed by atoms with van der Waals surface area (Å²) >= 11 is 0. The minimum atomic E-state index is 0. The first kappa shape index (κ1) is 18.0. The summed E-state index contributed by atoms with van der Waals surface area (Å²) in [6, 6.07) is 7.79. The number of carbonyl (C=O) groups is 1. The summed E-state index contributed by atoms with van der Waals surface area (Å²) in [6.45, 7) is 5.90. The molecule has 1 aromatic carbocycles. The molecule has 2 atom stereocenters. The van der Waals surface area contributed by atoms with Crippen molar-refractivity contribution in [1.82, 2.24) is 10.2 Å². The molecule has 2 unspecified atom stereocenters. The Morgan fingerprint density at radius 2 is 2.17 bits per heavy atom. The van der Waals surface area contributed by atoms with E-state index in [0.717, 1.165) is 50.4 Å². The molecule has 1 N–H and O–H groups in total. The van der Waals surface area contributed by atoms with Crippen LogP contribution in [-0.2, 0) is 4.74 Å². The minimum Gasteiger partial charge on any atom is -0.491 e. The predicted octanol–water partition coefficient (Wildman–Crippen LogP) is 2.10. The second-order valence-corrected chi connectivity index (χ2v) is 6.08. The number of hydrogen-bond acceptors (Lipinski definition) is 4. The lowest BCUT2D eigenvalue weighted by molar-refractivity contribution is 0.0677. The van der Waals surface area contributed by atoms with Crippen LogP contribution in [0.4, 0.5) is 0 Å². The van der Waals surface area contributed by atoms with Crippen LogP contribution >= 0.6 is 12.4 Å². The zero-order valence-corrected chi connectivity index (χ0v) is 14.3. The SMILES string of the molecule is CC1CN(C(=O)c2ccc(OCC3CCCO3)cc2)CCN1.Cl. The molecule has 5 nitrogen and oxygen atoms in total. The average molecular weight is 341 g/mol. The van der Waals surface area contributed by atoms with E-state index in [1.807, 2.05) is 29.2 Å². The molecule has 0 saturated carbocycles. The van der Waals surface area contributed by atoms with Gasteiger partial charge in [-0.15, -0.1) is 12.4 Å². The van der Waals surface area contributed by atoms with Crippen LogP contribution < -0.4 is 10.1 Å². The monoisotopic (exact) mass is 340 g/mol. The van der Waals surface area contributed by atoms with Crippen molar-refractivity contribution in [3.05, 3.63) is 29.8 Å². The van der Waals surface area contributed by atoms with E-state index in [0.29, 0.717) is 12.6 Å². The van der Waals surface area contributed by atoms with Crippen molar-refractivity contribution in [3.63, 3.8) is 0 Å². The molecule has 0 aromatic heterocycles. The van der Waals surface area contributed by atoms with Crippen molar-refractivity contribution >= 4 is 18.3 Å². The van der Waals surface area contributed by atoms with E-state index >= 15 is 0 Å². The van der Waals surface area contributed by atoms with Gasteiger partial charge in [0, 0.05) is 37.8 Å². The van der Waals surface area contributed by atoms with Gasteiger partial charge in [-0.05, 0) is 44.0 Å². The number of nitrogens with one attached hydrogen (secondary N) is 1. The fourth-order valence-corrected chi connectivity index (χ4v) is 2.96. The molecular weight excluding hydrogens is 316 g/mol. The van der Waals surface area contributed by atoms with Gasteiger partial charge in [0.15, 0.2) is 0 Å². The number of ether oxygens (including phenoxy) is 2. The first-order chi connectivity index (χ1) is 10.7. The number of rotatable bonds is 4. The molecule has 0 bridgehead atoms. The molecule has 6 heteroatoms. The third-order valence-electron chi connectivity index (χ3n) is 4.22. The van der Waals surface area contributed by atoms with Crippen LogP contribution in [-0.4, -0.2) is 55.8 Å². The number of halogens is 1. The lowest BCUT2D eigenvalue weighted by atomic mass is 10.1. The highest BCUT2D eigenvalue weighted by molar-refractivity contribution is 5.94. The van der Waals surface area contributed by atoms with Crippen molar-refractivity contribution in [1.29, 1.82) is 0 Å². The number of carbonyl (C=O) groups excluding carboxylic acids is 1. The van der Waals surface area contributed by atoms with Crippen LogP contribution in [0.25, 0.3) is 0 Å². The Morgan fingerprint density at radius 1 is 1.39 bits per heavy atom. The van der Waals surface area contributed by atoms with Crippen LogP contribution in [0.3, 0.4) is 0 Å². The van der Waals surface area contributed by atoms with E-state index in [4.69, 9.17) is 9.47 Å². The van der Waals surface area contributed by atoms with Crippen LogP contribution in [0, 0.1) is 0 Å². The van der Waals surface area contributed by atoms with Gasteiger partial charge in [-0.25, -0.2) is 0 Å². The zero-order chi connectivity index (χ0) is 15.4. The molecule has 2 heterocycles. The fourth-order valence-electron chi connectivity index (χ4n) is 2.96. The van der Waals surface area contributed by atoms with Gasteiger partial charge in [0.1, 0.15) is 12.4 Å². The van der Waals surface area contributed by atoms with Crippen molar-refractivity contribution in [2.45, 2.75) is 31.9 Å². The Labute approximate surface area is 143 Å². The zero-order valence-electron chi connectivity index (χ0n) is 13.5. The lowest BCUT2D eigenvalue weighted by Gasteiger charge is -2.32. The maximum Gasteiger partial charge on any atom is 0.253 e. The highest BCUT2D eigenvalue weighted by Gasteiger charge is 2.21. The molecular formula is C17H25ClN2O3. The second kappa shape index (κ2) is 8.52. The molecule has 2 aliphatic rings. The molecule has 2 aliphatic heterocycles. The smallest absolute Gasteiger partial charge is 0.253 e. The Balaban J connectivity index is 0.00000192. The topological polar surface area (TPSA) is 50.8 Å². The van der Waals surface area contributed by atoms with Crippen molar-refractivity contribution in [2.24, 2.45) is 0 Å². The van der Waals surface area contributed by atoms with Gasteiger partial charge in [0.05, 0.1) is 6.10 Å². The van der Waals surface area contributed by atoms with Gasteiger partial charge >= 0.3 is 0 Å². The predicted molar refractivity (Wildman–Crippen MR) is 91.5 cm³/mol. The van der Waals surface area contributed by atoms with E-state index in [2.05, 4.69) is 12.2 Å². The summed E-state index contributed by atoms with van der Waals surface area (Å²) < 4.78 is 11.3. The Kier molecular flexibility index (Phi) is 6.69. The summed E-state index contributed by atoms with van der Waals surface area (Å²) in [7, 11) is 0. The summed E-state index contributed by atoms with van der Waals surface area (Å²) in [6.07, 6.45) is 2.39. The average Bonchev–Trinajstić information content (AvgIpc) is 3.06. The molecule has 0 aliphatic carbocycles. The second-order valence-electron chi connectivity index (χ2n) is 6.08. The first-order valence-corrected chi connectivity index (χ1v) is 8.09. The summed E-state index contributed by atoms with van der Waals surface area (Å²) in [4.78, 5) is 14.4. The molecule has 3 rings (SSSR count). The third-order valence-corrected chi connectivity index (χ3v) is 4.22. The third kappa shape index (κ3) is 4.83. The van der Waals surface area contributed by atoms with Gasteiger partial charge < -0.3 is 19.7 Å². The van der Waals surface area contributed by atoms with Gasteiger partial charge in [-0.1, -0.05) is 0 Å². The Morgan fingerprint density at radius 3 is 2.83 bits per heavy atom. The largest absolute Gasteiger partial charge is 0.491 e. The summed E-state index contributed by atoms with van der Waals surface area (Å²) in [5.41, 5.74) is 0.721. The number of benzene rings is 1. The minimum absolute atomic E-state index is 0. The van der Waals surface area contributed by atoms with Gasteiger partial charge in [-0.3, -0.25) is 4.79 Å². The van der Waals surface area contributed by atoms with E-state index in [-0.39, 0.29) is 24.4 Å². The van der Waals surface area contributed by atoms with E-state index < -0.39 is 0 Å². The lowest BCUT2D eigenvalue weighted by Crippen LogP contribution is -2.51. The molecule has 2 saturated heterocycles. The molecule has 1 amide bonds.